The lowest BCUT2D eigenvalue weighted by Gasteiger charge is -2.03. The maximum absolute atomic E-state index is 5.84. The Morgan fingerprint density at radius 2 is 1.80 bits per heavy atom. The second kappa shape index (κ2) is 4.69. The SMILES string of the molecule is Cc1cnc(-c2nc(N)cc(-c3cnn(C)c3)n2)nc1. The average molecular weight is 267 g/mol. The minimum atomic E-state index is 0.373. The number of nitrogens with two attached hydrogens (primary N) is 1. The molecule has 100 valence electrons. The van der Waals surface area contributed by atoms with Crippen LogP contribution in [0.1, 0.15) is 5.56 Å². The molecule has 0 bridgehead atoms. The van der Waals surface area contributed by atoms with Crippen LogP contribution in [0.4, 0.5) is 5.82 Å². The van der Waals surface area contributed by atoms with Gasteiger partial charge < -0.3 is 5.73 Å². The zero-order valence-corrected chi connectivity index (χ0v) is 11.1. The van der Waals surface area contributed by atoms with Gasteiger partial charge in [0, 0.05) is 37.3 Å². The first kappa shape index (κ1) is 12.2. The minimum absolute atomic E-state index is 0.373. The number of rotatable bonds is 2. The van der Waals surface area contributed by atoms with E-state index in [0.717, 1.165) is 11.1 Å². The molecule has 3 aromatic heterocycles. The van der Waals surface area contributed by atoms with Crippen molar-refractivity contribution in [3.05, 3.63) is 36.4 Å². The van der Waals surface area contributed by atoms with Crippen LogP contribution < -0.4 is 5.73 Å². The summed E-state index contributed by atoms with van der Waals surface area (Å²) >= 11 is 0. The summed E-state index contributed by atoms with van der Waals surface area (Å²) in [7, 11) is 1.85. The van der Waals surface area contributed by atoms with Crippen molar-refractivity contribution in [3.63, 3.8) is 0 Å². The van der Waals surface area contributed by atoms with Crippen LogP contribution in [0.2, 0.25) is 0 Å². The number of anilines is 1. The first-order valence-electron chi connectivity index (χ1n) is 6.04. The predicted molar refractivity (Wildman–Crippen MR) is 74.4 cm³/mol. The fourth-order valence-corrected chi connectivity index (χ4v) is 1.78. The molecule has 0 aliphatic rings. The Morgan fingerprint density at radius 3 is 2.45 bits per heavy atom. The van der Waals surface area contributed by atoms with Crippen molar-refractivity contribution >= 4 is 5.82 Å². The van der Waals surface area contributed by atoms with Crippen LogP contribution in [0.15, 0.2) is 30.9 Å². The third kappa shape index (κ3) is 2.33. The van der Waals surface area contributed by atoms with E-state index in [1.54, 1.807) is 29.3 Å². The second-order valence-corrected chi connectivity index (χ2v) is 4.49. The molecule has 7 nitrogen and oxygen atoms in total. The molecule has 20 heavy (non-hydrogen) atoms. The lowest BCUT2D eigenvalue weighted by molar-refractivity contribution is 0.768. The molecule has 0 unspecified atom stereocenters. The molecule has 3 heterocycles. The van der Waals surface area contributed by atoms with Gasteiger partial charge in [0.15, 0.2) is 11.6 Å². The van der Waals surface area contributed by atoms with Crippen molar-refractivity contribution in [1.29, 1.82) is 0 Å². The molecule has 0 aliphatic carbocycles. The Labute approximate surface area is 115 Å². The zero-order valence-electron chi connectivity index (χ0n) is 11.1. The molecular weight excluding hydrogens is 254 g/mol. The molecule has 3 aromatic rings. The molecule has 0 aliphatic heterocycles. The van der Waals surface area contributed by atoms with Crippen LogP contribution >= 0.6 is 0 Å². The van der Waals surface area contributed by atoms with Crippen molar-refractivity contribution in [2.45, 2.75) is 6.92 Å². The van der Waals surface area contributed by atoms with Crippen molar-refractivity contribution in [3.8, 4) is 22.9 Å². The average Bonchev–Trinajstić information content (AvgIpc) is 2.85. The van der Waals surface area contributed by atoms with Crippen LogP contribution in [0.3, 0.4) is 0 Å². The van der Waals surface area contributed by atoms with Gasteiger partial charge in [0.25, 0.3) is 0 Å². The number of nitrogens with zero attached hydrogens (tertiary/aromatic N) is 6. The van der Waals surface area contributed by atoms with Crippen LogP contribution in [0.25, 0.3) is 22.9 Å². The fraction of sp³-hybridized carbons (Fsp3) is 0.154. The summed E-state index contributed by atoms with van der Waals surface area (Å²) in [6, 6.07) is 1.70. The van der Waals surface area contributed by atoms with Gasteiger partial charge in [-0.2, -0.15) is 5.10 Å². The molecule has 0 saturated heterocycles. The smallest absolute Gasteiger partial charge is 0.200 e. The van der Waals surface area contributed by atoms with Crippen molar-refractivity contribution < 1.29 is 0 Å². The third-order valence-corrected chi connectivity index (χ3v) is 2.73. The molecular formula is C13H13N7. The Kier molecular flexibility index (Phi) is 2.86. The van der Waals surface area contributed by atoms with Gasteiger partial charge in [-0.15, -0.1) is 0 Å². The molecule has 0 atom stereocenters. The Morgan fingerprint density at radius 1 is 1.05 bits per heavy atom. The van der Waals surface area contributed by atoms with E-state index >= 15 is 0 Å². The normalized spacial score (nSPS) is 10.7. The summed E-state index contributed by atoms with van der Waals surface area (Å²) in [6.07, 6.45) is 7.03. The minimum Gasteiger partial charge on any atom is -0.384 e. The highest BCUT2D eigenvalue weighted by atomic mass is 15.2. The van der Waals surface area contributed by atoms with Crippen molar-refractivity contribution in [1.82, 2.24) is 29.7 Å². The van der Waals surface area contributed by atoms with Gasteiger partial charge in [-0.05, 0) is 12.5 Å². The van der Waals surface area contributed by atoms with E-state index in [-0.39, 0.29) is 0 Å². The highest BCUT2D eigenvalue weighted by Gasteiger charge is 2.10. The Balaban J connectivity index is 2.09. The number of aromatic nitrogens is 6. The first-order chi connectivity index (χ1) is 9.61. The quantitative estimate of drug-likeness (QED) is 0.750. The molecule has 7 heteroatoms. The number of hydrogen-bond acceptors (Lipinski definition) is 6. The van der Waals surface area contributed by atoms with Gasteiger partial charge in [-0.25, -0.2) is 19.9 Å². The van der Waals surface area contributed by atoms with Gasteiger partial charge in [0.2, 0.25) is 0 Å². The van der Waals surface area contributed by atoms with E-state index in [9.17, 15) is 0 Å². The summed E-state index contributed by atoms with van der Waals surface area (Å²) in [5.41, 5.74) is 8.38. The second-order valence-electron chi connectivity index (χ2n) is 4.49. The predicted octanol–water partition coefficient (Wildman–Crippen LogP) is 1.22. The molecule has 2 N–H and O–H groups in total. The highest BCUT2D eigenvalue weighted by molar-refractivity contribution is 5.63. The van der Waals surface area contributed by atoms with Crippen LogP contribution in [0, 0.1) is 6.92 Å². The largest absolute Gasteiger partial charge is 0.384 e. The van der Waals surface area contributed by atoms with E-state index in [0.29, 0.717) is 23.2 Å². The summed E-state index contributed by atoms with van der Waals surface area (Å²) in [5.74, 6) is 1.23. The van der Waals surface area contributed by atoms with Crippen molar-refractivity contribution in [2.24, 2.45) is 7.05 Å². The summed E-state index contributed by atoms with van der Waals surface area (Å²) < 4.78 is 1.70. The number of aryl methyl sites for hydroxylation is 2. The standard InChI is InChI=1S/C13H13N7/c1-8-4-15-12(16-5-8)13-18-10(3-11(14)19-13)9-6-17-20(2)7-9/h3-7H,1-2H3,(H2,14,18,19). The van der Waals surface area contributed by atoms with Crippen molar-refractivity contribution in [2.75, 3.05) is 5.73 Å². The third-order valence-electron chi connectivity index (χ3n) is 2.73. The van der Waals surface area contributed by atoms with Gasteiger partial charge in [0.1, 0.15) is 5.82 Å². The van der Waals surface area contributed by atoms with E-state index in [1.165, 1.54) is 0 Å². The number of hydrogen-bond donors (Lipinski definition) is 1. The number of nitrogen functional groups attached to an aromatic ring is 1. The van der Waals surface area contributed by atoms with Gasteiger partial charge in [0.05, 0.1) is 11.9 Å². The van der Waals surface area contributed by atoms with Crippen LogP contribution in [0.5, 0.6) is 0 Å². The van der Waals surface area contributed by atoms with Crippen LogP contribution in [-0.4, -0.2) is 29.7 Å². The molecule has 3 rings (SSSR count). The zero-order chi connectivity index (χ0) is 14.1. The summed E-state index contributed by atoms with van der Waals surface area (Å²) in [6.45, 7) is 1.92. The topological polar surface area (TPSA) is 95.4 Å². The monoisotopic (exact) mass is 267 g/mol. The molecule has 0 aromatic carbocycles. The molecule has 0 radical (unpaired) electrons. The first-order valence-corrected chi connectivity index (χ1v) is 6.04. The van der Waals surface area contributed by atoms with E-state index in [1.807, 2.05) is 20.2 Å². The van der Waals surface area contributed by atoms with Crippen LogP contribution in [-0.2, 0) is 7.05 Å². The molecule has 0 amide bonds. The Hall–Kier alpha value is -2.83. The van der Waals surface area contributed by atoms with E-state index in [4.69, 9.17) is 5.73 Å². The van der Waals surface area contributed by atoms with E-state index < -0.39 is 0 Å². The highest BCUT2D eigenvalue weighted by Crippen LogP contribution is 2.20. The maximum atomic E-state index is 5.84. The molecule has 0 fully saturated rings. The van der Waals surface area contributed by atoms with Gasteiger partial charge in [-0.3, -0.25) is 4.68 Å². The summed E-state index contributed by atoms with van der Waals surface area (Å²) in [4.78, 5) is 17.1. The lowest BCUT2D eigenvalue weighted by Crippen LogP contribution is -2.00. The van der Waals surface area contributed by atoms with Gasteiger partial charge in [-0.1, -0.05) is 0 Å². The lowest BCUT2D eigenvalue weighted by atomic mass is 10.2. The molecule has 0 spiro atoms. The Bertz CT molecular complexity index is 746. The summed E-state index contributed by atoms with van der Waals surface area (Å²) in [5, 5.41) is 4.12. The van der Waals surface area contributed by atoms with E-state index in [2.05, 4.69) is 25.0 Å². The molecule has 0 saturated carbocycles. The van der Waals surface area contributed by atoms with Gasteiger partial charge >= 0.3 is 0 Å². The fourth-order valence-electron chi connectivity index (χ4n) is 1.78. The maximum Gasteiger partial charge on any atom is 0.200 e.